The molecule has 0 saturated heterocycles. The first kappa shape index (κ1) is 21.3. The van der Waals surface area contributed by atoms with Gasteiger partial charge < -0.3 is 10.2 Å². The van der Waals surface area contributed by atoms with Crippen molar-refractivity contribution < 1.29 is 24.5 Å². The highest BCUT2D eigenvalue weighted by molar-refractivity contribution is 7.60. The molecule has 0 spiro atoms. The molecule has 5 nitrogen and oxygen atoms in total. The molecule has 0 bridgehead atoms. The van der Waals surface area contributed by atoms with E-state index >= 15 is 0 Å². The van der Waals surface area contributed by atoms with E-state index in [4.69, 9.17) is 9.63 Å². The van der Waals surface area contributed by atoms with Gasteiger partial charge in [0.1, 0.15) is 0 Å². The van der Waals surface area contributed by atoms with Crippen LogP contribution in [0.2, 0.25) is 0 Å². The summed E-state index contributed by atoms with van der Waals surface area (Å²) in [7, 11) is -4.08. The first-order valence-corrected chi connectivity index (χ1v) is 9.86. The smallest absolute Gasteiger partial charge is 0.396 e. The van der Waals surface area contributed by atoms with Crippen molar-refractivity contribution in [2.45, 2.75) is 71.6 Å². The van der Waals surface area contributed by atoms with Gasteiger partial charge in [-0.3, -0.25) is 4.52 Å². The van der Waals surface area contributed by atoms with E-state index in [0.717, 1.165) is 16.7 Å². The molecule has 0 radical (unpaired) electrons. The molecule has 0 heterocycles. The van der Waals surface area contributed by atoms with E-state index in [2.05, 4.69) is 0 Å². The SMILES string of the molecule is Cc1cc(C(C)(C)C)c(O[P+](O)(O)C(O)CCO)c(C(C)(C)C)c1. The summed E-state index contributed by atoms with van der Waals surface area (Å²) in [5, 5.41) is 18.9. The second-order valence-corrected chi connectivity index (χ2v) is 10.3. The van der Waals surface area contributed by atoms with E-state index in [-0.39, 0.29) is 23.9 Å². The maximum atomic E-state index is 10.3. The van der Waals surface area contributed by atoms with Gasteiger partial charge in [0.25, 0.3) is 5.85 Å². The Morgan fingerprint density at radius 3 is 1.75 bits per heavy atom. The molecule has 0 amide bonds. The average molecular weight is 359 g/mol. The van der Waals surface area contributed by atoms with Crippen molar-refractivity contribution in [2.24, 2.45) is 0 Å². The van der Waals surface area contributed by atoms with Gasteiger partial charge in [-0.05, 0) is 17.8 Å². The van der Waals surface area contributed by atoms with Gasteiger partial charge in [0.15, 0.2) is 5.75 Å². The van der Waals surface area contributed by atoms with Crippen molar-refractivity contribution in [3.63, 3.8) is 0 Å². The molecule has 0 saturated carbocycles. The molecule has 138 valence electrons. The monoisotopic (exact) mass is 359 g/mol. The zero-order valence-corrected chi connectivity index (χ0v) is 16.7. The van der Waals surface area contributed by atoms with Crippen molar-refractivity contribution in [1.82, 2.24) is 0 Å². The Balaban J connectivity index is 3.54. The molecular weight excluding hydrogens is 327 g/mol. The van der Waals surface area contributed by atoms with Crippen molar-refractivity contribution in [2.75, 3.05) is 6.61 Å². The third-order valence-electron chi connectivity index (χ3n) is 3.85. The summed E-state index contributed by atoms with van der Waals surface area (Å²) in [5.74, 6) is -1.10. The van der Waals surface area contributed by atoms with Gasteiger partial charge in [-0.25, -0.2) is 0 Å². The lowest BCUT2D eigenvalue weighted by Gasteiger charge is -2.30. The largest absolute Gasteiger partial charge is 0.481 e. The molecule has 0 aliphatic carbocycles. The van der Waals surface area contributed by atoms with Crippen LogP contribution in [-0.4, -0.2) is 32.5 Å². The van der Waals surface area contributed by atoms with Gasteiger partial charge in [0, 0.05) is 24.2 Å². The van der Waals surface area contributed by atoms with Gasteiger partial charge in [0.2, 0.25) is 0 Å². The molecule has 6 heteroatoms. The van der Waals surface area contributed by atoms with Crippen LogP contribution in [-0.2, 0) is 10.8 Å². The van der Waals surface area contributed by atoms with Crippen LogP contribution in [0.3, 0.4) is 0 Å². The topological polar surface area (TPSA) is 90.2 Å². The molecule has 1 aromatic rings. The van der Waals surface area contributed by atoms with E-state index in [1.54, 1.807) is 0 Å². The molecule has 0 aromatic heterocycles. The van der Waals surface area contributed by atoms with Crippen LogP contribution in [0.4, 0.5) is 0 Å². The van der Waals surface area contributed by atoms with E-state index in [1.807, 2.05) is 60.6 Å². The van der Waals surface area contributed by atoms with Gasteiger partial charge in [-0.15, -0.1) is 0 Å². The van der Waals surface area contributed by atoms with Crippen LogP contribution in [0.5, 0.6) is 5.75 Å². The highest BCUT2D eigenvalue weighted by Gasteiger charge is 2.49. The fraction of sp³-hybridized carbons (Fsp3) is 0.667. The predicted octanol–water partition coefficient (Wildman–Crippen LogP) is 3.42. The third-order valence-corrected chi connectivity index (χ3v) is 5.34. The minimum absolute atomic E-state index is 0.150. The Morgan fingerprint density at radius 2 is 1.42 bits per heavy atom. The Morgan fingerprint density at radius 1 is 1.00 bits per heavy atom. The van der Waals surface area contributed by atoms with Gasteiger partial charge in [-0.1, -0.05) is 59.2 Å². The minimum Gasteiger partial charge on any atom is -0.396 e. The lowest BCUT2D eigenvalue weighted by atomic mass is 9.78. The van der Waals surface area contributed by atoms with Crippen LogP contribution < -0.4 is 4.52 Å². The molecule has 4 N–H and O–H groups in total. The standard InChI is InChI=1S/C18H32O5P/c1-12-10-13(17(2,3)4)16(14(11-12)18(5,6)7)23-24(21,22)15(20)8-9-19/h10-11,15,19-22H,8-9H2,1-7H3/q+1. The number of hydrogen-bond donors (Lipinski definition) is 4. The molecule has 1 aromatic carbocycles. The molecule has 0 aliphatic heterocycles. The van der Waals surface area contributed by atoms with Crippen molar-refractivity contribution >= 4 is 7.94 Å². The Kier molecular flexibility index (Phi) is 6.46. The van der Waals surface area contributed by atoms with Crippen molar-refractivity contribution in [3.8, 4) is 5.75 Å². The summed E-state index contributed by atoms with van der Waals surface area (Å²) in [6, 6.07) is 3.95. The van der Waals surface area contributed by atoms with Crippen molar-refractivity contribution in [3.05, 3.63) is 28.8 Å². The summed E-state index contributed by atoms with van der Waals surface area (Å²) in [5.41, 5.74) is 2.23. The highest BCUT2D eigenvalue weighted by Crippen LogP contribution is 2.58. The quantitative estimate of drug-likeness (QED) is 0.605. The maximum Gasteiger partial charge on any atom is 0.481 e. The van der Waals surface area contributed by atoms with E-state index < -0.39 is 13.8 Å². The minimum atomic E-state index is -4.08. The molecule has 0 fully saturated rings. The van der Waals surface area contributed by atoms with Gasteiger partial charge in [-0.2, -0.15) is 9.79 Å². The number of benzene rings is 1. The van der Waals surface area contributed by atoms with Gasteiger partial charge >= 0.3 is 7.94 Å². The summed E-state index contributed by atoms with van der Waals surface area (Å²) in [4.78, 5) is 20.6. The molecule has 1 rings (SSSR count). The number of rotatable bonds is 5. The van der Waals surface area contributed by atoms with Crippen molar-refractivity contribution in [1.29, 1.82) is 0 Å². The fourth-order valence-electron chi connectivity index (χ4n) is 2.46. The molecule has 1 atom stereocenters. The maximum absolute atomic E-state index is 10.3. The zero-order chi connectivity index (χ0) is 18.9. The molecule has 1 unspecified atom stereocenters. The lowest BCUT2D eigenvalue weighted by molar-refractivity contribution is 0.149. The highest BCUT2D eigenvalue weighted by atomic mass is 31.2. The first-order chi connectivity index (χ1) is 10.7. The predicted molar refractivity (Wildman–Crippen MR) is 98.3 cm³/mol. The molecular formula is C18H32O5P+. The normalized spacial score (nSPS) is 14.6. The van der Waals surface area contributed by atoms with E-state index in [1.165, 1.54) is 0 Å². The number of aryl methyl sites for hydroxylation is 1. The second kappa shape index (κ2) is 7.27. The van der Waals surface area contributed by atoms with Crippen LogP contribution in [0, 0.1) is 6.92 Å². The first-order valence-electron chi connectivity index (χ1n) is 8.18. The third kappa shape index (κ3) is 5.14. The summed E-state index contributed by atoms with van der Waals surface area (Å²) < 4.78 is 5.65. The Bertz CT molecular complexity index is 535. The van der Waals surface area contributed by atoms with Gasteiger partial charge in [0.05, 0.1) is 0 Å². The molecule has 0 aliphatic rings. The zero-order valence-electron chi connectivity index (χ0n) is 15.8. The van der Waals surface area contributed by atoms with Crippen LogP contribution in [0.15, 0.2) is 12.1 Å². The number of aliphatic hydroxyl groups is 2. The number of aliphatic hydroxyl groups excluding tert-OH is 2. The Labute approximate surface area is 145 Å². The van der Waals surface area contributed by atoms with Crippen LogP contribution in [0.25, 0.3) is 0 Å². The summed E-state index contributed by atoms with van der Waals surface area (Å²) in [6.45, 7) is 13.8. The fourth-order valence-corrected chi connectivity index (χ4v) is 3.50. The van der Waals surface area contributed by atoms with Crippen LogP contribution in [0.1, 0.15) is 64.7 Å². The van der Waals surface area contributed by atoms with E-state index in [9.17, 15) is 14.9 Å². The number of hydrogen-bond acceptors (Lipinski definition) is 5. The van der Waals surface area contributed by atoms with Crippen LogP contribution >= 0.6 is 7.94 Å². The summed E-state index contributed by atoms with van der Waals surface area (Å²) >= 11 is 0. The van der Waals surface area contributed by atoms with E-state index in [0.29, 0.717) is 5.75 Å². The Hall–Kier alpha value is -0.710. The summed E-state index contributed by atoms with van der Waals surface area (Å²) in [6.07, 6.45) is -0.150. The average Bonchev–Trinajstić information content (AvgIpc) is 2.37. The lowest BCUT2D eigenvalue weighted by Crippen LogP contribution is -2.24. The molecule has 24 heavy (non-hydrogen) atoms. The second-order valence-electron chi connectivity index (χ2n) is 8.36.